The second-order valence-electron chi connectivity index (χ2n) is 10.6. The quantitative estimate of drug-likeness (QED) is 0.545. The van der Waals surface area contributed by atoms with Crippen molar-refractivity contribution in [3.63, 3.8) is 0 Å². The monoisotopic (exact) mass is 484 g/mol. The van der Waals surface area contributed by atoms with Crippen LogP contribution in [0.15, 0.2) is 24.3 Å². The lowest BCUT2D eigenvalue weighted by atomic mass is 9.95. The van der Waals surface area contributed by atoms with Gasteiger partial charge in [-0.3, -0.25) is 14.5 Å². The maximum absolute atomic E-state index is 13.4. The van der Waals surface area contributed by atoms with Crippen LogP contribution in [-0.4, -0.2) is 91.5 Å². The first kappa shape index (κ1) is 26.0. The van der Waals surface area contributed by atoms with Gasteiger partial charge in [-0.25, -0.2) is 0 Å². The molecule has 7 heteroatoms. The average Bonchev–Trinajstić information content (AvgIpc) is 3.42. The van der Waals surface area contributed by atoms with Gasteiger partial charge < -0.3 is 19.9 Å². The topological polar surface area (TPSA) is 65.1 Å². The molecular formula is C28H44N4O3. The Morgan fingerprint density at radius 1 is 0.971 bits per heavy atom. The van der Waals surface area contributed by atoms with Crippen LogP contribution < -0.4 is 10.1 Å². The van der Waals surface area contributed by atoms with Crippen molar-refractivity contribution in [2.75, 3.05) is 52.9 Å². The summed E-state index contributed by atoms with van der Waals surface area (Å²) in [6, 6.07) is 7.92. The first-order valence-corrected chi connectivity index (χ1v) is 13.8. The molecule has 0 radical (unpaired) electrons. The van der Waals surface area contributed by atoms with Gasteiger partial charge in [0.2, 0.25) is 5.91 Å². The van der Waals surface area contributed by atoms with Crippen LogP contribution in [0.2, 0.25) is 0 Å². The molecule has 1 N–H and O–H groups in total. The smallest absolute Gasteiger partial charge is 0.253 e. The molecule has 4 rings (SSSR count). The van der Waals surface area contributed by atoms with Gasteiger partial charge in [0.05, 0.1) is 13.2 Å². The first-order chi connectivity index (χ1) is 17.1. The second-order valence-corrected chi connectivity index (χ2v) is 10.6. The third-order valence-corrected chi connectivity index (χ3v) is 8.31. The molecule has 3 aliphatic rings. The lowest BCUT2D eigenvalue weighted by molar-refractivity contribution is -0.129. The number of benzene rings is 1. The van der Waals surface area contributed by atoms with Crippen molar-refractivity contribution in [1.82, 2.24) is 20.0 Å². The Kier molecular flexibility index (Phi) is 9.44. The standard InChI is InChI=1S/C28H44N4O3/c1-22-8-5-6-16-30(22)17-7-15-29-27(33)26(23-9-3-4-10-23)31-18-20-32(21-19-31)28(34)24-11-13-25(35-2)14-12-24/h11-14,22-23,26H,3-10,15-21H2,1-2H3,(H,29,33). The number of nitrogens with one attached hydrogen (secondary N) is 1. The minimum absolute atomic E-state index is 0.0566. The normalized spacial score (nSPS) is 23.3. The van der Waals surface area contributed by atoms with Gasteiger partial charge >= 0.3 is 0 Å². The van der Waals surface area contributed by atoms with Crippen molar-refractivity contribution in [3.8, 4) is 5.75 Å². The number of piperidine rings is 1. The van der Waals surface area contributed by atoms with E-state index in [-0.39, 0.29) is 17.9 Å². The summed E-state index contributed by atoms with van der Waals surface area (Å²) >= 11 is 0. The van der Waals surface area contributed by atoms with Gasteiger partial charge in [-0.15, -0.1) is 0 Å². The summed E-state index contributed by atoms with van der Waals surface area (Å²) in [5.74, 6) is 1.43. The van der Waals surface area contributed by atoms with Crippen molar-refractivity contribution in [3.05, 3.63) is 29.8 Å². The first-order valence-electron chi connectivity index (χ1n) is 13.8. The van der Waals surface area contributed by atoms with E-state index < -0.39 is 0 Å². The second kappa shape index (κ2) is 12.7. The highest BCUT2D eigenvalue weighted by Gasteiger charge is 2.37. The number of amides is 2. The predicted molar refractivity (Wildman–Crippen MR) is 139 cm³/mol. The number of methoxy groups -OCH3 is 1. The third-order valence-electron chi connectivity index (χ3n) is 8.31. The molecule has 194 valence electrons. The fourth-order valence-corrected chi connectivity index (χ4v) is 6.16. The van der Waals surface area contributed by atoms with Crippen molar-refractivity contribution in [2.45, 2.75) is 70.4 Å². The van der Waals surface area contributed by atoms with Crippen LogP contribution in [0, 0.1) is 5.92 Å². The summed E-state index contributed by atoms with van der Waals surface area (Å²) < 4.78 is 5.20. The number of piperazine rings is 1. The number of carbonyl (C=O) groups is 2. The van der Waals surface area contributed by atoms with Crippen molar-refractivity contribution in [1.29, 1.82) is 0 Å². The van der Waals surface area contributed by atoms with E-state index in [2.05, 4.69) is 22.0 Å². The fourth-order valence-electron chi connectivity index (χ4n) is 6.16. The lowest BCUT2D eigenvalue weighted by Gasteiger charge is -2.41. The summed E-state index contributed by atoms with van der Waals surface area (Å²) in [6.07, 6.45) is 9.65. The largest absolute Gasteiger partial charge is 0.497 e. The van der Waals surface area contributed by atoms with Gasteiger partial charge in [-0.05, 0) is 75.8 Å². The molecule has 0 bridgehead atoms. The fraction of sp³-hybridized carbons (Fsp3) is 0.714. The van der Waals surface area contributed by atoms with Crippen LogP contribution in [0.1, 0.15) is 68.6 Å². The molecule has 7 nitrogen and oxygen atoms in total. The number of carbonyl (C=O) groups excluding carboxylic acids is 2. The van der Waals surface area contributed by atoms with Crippen molar-refractivity contribution in [2.24, 2.45) is 5.92 Å². The molecule has 2 saturated heterocycles. The van der Waals surface area contributed by atoms with Gasteiger partial charge in [-0.2, -0.15) is 0 Å². The molecule has 2 heterocycles. The third kappa shape index (κ3) is 6.76. The average molecular weight is 485 g/mol. The number of rotatable bonds is 9. The lowest BCUT2D eigenvalue weighted by Crippen LogP contribution is -2.58. The minimum Gasteiger partial charge on any atom is -0.497 e. The Labute approximate surface area is 211 Å². The van der Waals surface area contributed by atoms with Crippen LogP contribution in [0.3, 0.4) is 0 Å². The highest BCUT2D eigenvalue weighted by molar-refractivity contribution is 5.94. The molecule has 1 aliphatic carbocycles. The minimum atomic E-state index is -0.0651. The van der Waals surface area contributed by atoms with E-state index >= 15 is 0 Å². The molecule has 0 spiro atoms. The number of likely N-dealkylation sites (tertiary alicyclic amines) is 1. The molecular weight excluding hydrogens is 440 g/mol. The molecule has 1 saturated carbocycles. The molecule has 2 aliphatic heterocycles. The summed E-state index contributed by atoms with van der Waals surface area (Å²) in [6.45, 7) is 8.17. The van der Waals surface area contributed by atoms with E-state index in [0.29, 0.717) is 30.6 Å². The SMILES string of the molecule is COc1ccc(C(=O)N2CCN(C(C(=O)NCCCN3CCCCC3C)C3CCCC3)CC2)cc1. The van der Waals surface area contributed by atoms with Gasteiger partial charge in [0, 0.05) is 50.9 Å². The van der Waals surface area contributed by atoms with Crippen LogP contribution >= 0.6 is 0 Å². The number of ether oxygens (including phenoxy) is 1. The van der Waals surface area contributed by atoms with E-state index in [1.807, 2.05) is 29.2 Å². The Morgan fingerprint density at radius 2 is 1.66 bits per heavy atom. The zero-order chi connectivity index (χ0) is 24.6. The summed E-state index contributed by atoms with van der Waals surface area (Å²) in [7, 11) is 1.63. The molecule has 1 aromatic carbocycles. The van der Waals surface area contributed by atoms with Crippen molar-refractivity contribution >= 4 is 11.8 Å². The Hall–Kier alpha value is -2.12. The van der Waals surface area contributed by atoms with Crippen LogP contribution in [0.5, 0.6) is 5.75 Å². The summed E-state index contributed by atoms with van der Waals surface area (Å²) in [4.78, 5) is 33.2. The van der Waals surface area contributed by atoms with Crippen molar-refractivity contribution < 1.29 is 14.3 Å². The van der Waals surface area contributed by atoms with E-state index in [4.69, 9.17) is 4.74 Å². The van der Waals surface area contributed by atoms with E-state index in [0.717, 1.165) is 51.2 Å². The van der Waals surface area contributed by atoms with Crippen LogP contribution in [0.25, 0.3) is 0 Å². The maximum atomic E-state index is 13.4. The highest BCUT2D eigenvalue weighted by Crippen LogP contribution is 2.31. The Bertz CT molecular complexity index is 816. The van der Waals surface area contributed by atoms with Crippen LogP contribution in [0.4, 0.5) is 0 Å². The zero-order valence-electron chi connectivity index (χ0n) is 21.7. The molecule has 35 heavy (non-hydrogen) atoms. The van der Waals surface area contributed by atoms with E-state index in [1.165, 1.54) is 38.6 Å². The predicted octanol–water partition coefficient (Wildman–Crippen LogP) is 3.39. The highest BCUT2D eigenvalue weighted by atomic mass is 16.5. The number of nitrogens with zero attached hydrogens (tertiary/aromatic N) is 3. The molecule has 3 fully saturated rings. The number of hydrogen-bond acceptors (Lipinski definition) is 5. The van der Waals surface area contributed by atoms with Gasteiger partial charge in [0.15, 0.2) is 0 Å². The maximum Gasteiger partial charge on any atom is 0.253 e. The molecule has 1 aromatic rings. The van der Waals surface area contributed by atoms with Crippen LogP contribution in [-0.2, 0) is 4.79 Å². The summed E-state index contributed by atoms with van der Waals surface area (Å²) in [5, 5.41) is 3.28. The van der Waals surface area contributed by atoms with E-state index in [1.54, 1.807) is 7.11 Å². The molecule has 2 unspecified atom stereocenters. The van der Waals surface area contributed by atoms with Gasteiger partial charge in [0.25, 0.3) is 5.91 Å². The van der Waals surface area contributed by atoms with Gasteiger partial charge in [0.1, 0.15) is 5.75 Å². The Balaban J connectivity index is 1.28. The molecule has 2 amide bonds. The summed E-state index contributed by atoms with van der Waals surface area (Å²) in [5.41, 5.74) is 0.687. The zero-order valence-corrected chi connectivity index (χ0v) is 21.7. The molecule has 2 atom stereocenters. The number of hydrogen-bond donors (Lipinski definition) is 1. The Morgan fingerprint density at radius 3 is 2.31 bits per heavy atom. The van der Waals surface area contributed by atoms with Gasteiger partial charge in [-0.1, -0.05) is 19.3 Å². The van der Waals surface area contributed by atoms with E-state index in [9.17, 15) is 9.59 Å². The molecule has 0 aromatic heterocycles.